The highest BCUT2D eigenvalue weighted by Gasteiger charge is 2.25. The molecule has 2 aromatic heterocycles. The predicted molar refractivity (Wildman–Crippen MR) is 151 cm³/mol. The first-order chi connectivity index (χ1) is 18.5. The molecule has 1 aliphatic rings. The van der Waals surface area contributed by atoms with Gasteiger partial charge in [0, 0.05) is 23.7 Å². The van der Waals surface area contributed by atoms with Crippen LogP contribution < -0.4 is 15.4 Å². The van der Waals surface area contributed by atoms with Gasteiger partial charge in [-0.1, -0.05) is 55.8 Å². The number of rotatable bonds is 10. The Morgan fingerprint density at radius 2 is 1.92 bits per heavy atom. The molecule has 8 heteroatoms. The van der Waals surface area contributed by atoms with Crippen molar-refractivity contribution in [2.75, 3.05) is 37.9 Å². The van der Waals surface area contributed by atoms with Gasteiger partial charge in [0.2, 0.25) is 11.6 Å². The van der Waals surface area contributed by atoms with Gasteiger partial charge in [0.05, 0.1) is 11.1 Å². The first-order valence-electron chi connectivity index (χ1n) is 13.0. The summed E-state index contributed by atoms with van der Waals surface area (Å²) in [7, 11) is 3.97. The number of hydrogen-bond donors (Lipinski definition) is 2. The van der Waals surface area contributed by atoms with E-state index in [0.717, 1.165) is 47.3 Å². The van der Waals surface area contributed by atoms with Crippen LogP contribution in [0.3, 0.4) is 0 Å². The molecule has 0 saturated heterocycles. The molecule has 2 aromatic carbocycles. The second-order valence-corrected chi connectivity index (χ2v) is 9.76. The Morgan fingerprint density at radius 1 is 1.13 bits per heavy atom. The number of likely N-dealkylation sites (N-methyl/N-ethyl adjacent to an activating group) is 1. The van der Waals surface area contributed by atoms with Crippen molar-refractivity contribution >= 4 is 28.5 Å². The fraction of sp³-hybridized carbons (Fsp3) is 0.300. The molecule has 0 radical (unpaired) electrons. The lowest BCUT2D eigenvalue weighted by Crippen LogP contribution is -2.20. The summed E-state index contributed by atoms with van der Waals surface area (Å²) >= 11 is 0. The van der Waals surface area contributed by atoms with Crippen LogP contribution in [0.5, 0.6) is 5.75 Å². The van der Waals surface area contributed by atoms with Crippen LogP contribution in [0.15, 0.2) is 71.9 Å². The highest BCUT2D eigenvalue weighted by Crippen LogP contribution is 2.44. The zero-order valence-electron chi connectivity index (χ0n) is 21.9. The molecule has 8 nitrogen and oxygen atoms in total. The number of nitrogens with zero attached hydrogens (tertiary/aromatic N) is 3. The number of nitrogens with one attached hydrogen (secondary N) is 2. The van der Waals surface area contributed by atoms with Crippen LogP contribution in [0.1, 0.15) is 25.7 Å². The van der Waals surface area contributed by atoms with Gasteiger partial charge in [-0.15, -0.1) is 0 Å². The lowest BCUT2D eigenvalue weighted by Gasteiger charge is -2.16. The molecule has 2 N–H and O–H groups in total. The molecule has 196 valence electrons. The van der Waals surface area contributed by atoms with E-state index in [2.05, 4.69) is 27.2 Å². The van der Waals surface area contributed by atoms with Crippen molar-refractivity contribution in [3.63, 3.8) is 0 Å². The third kappa shape index (κ3) is 5.55. The molecule has 0 spiro atoms. The number of anilines is 2. The summed E-state index contributed by atoms with van der Waals surface area (Å²) in [6.07, 6.45) is 7.43. The number of amides is 1. The van der Waals surface area contributed by atoms with Crippen molar-refractivity contribution in [2.24, 2.45) is 0 Å². The number of ether oxygens (including phenoxy) is 1. The van der Waals surface area contributed by atoms with E-state index in [0.29, 0.717) is 35.6 Å². The summed E-state index contributed by atoms with van der Waals surface area (Å²) in [6.45, 7) is 4.83. The van der Waals surface area contributed by atoms with Gasteiger partial charge >= 0.3 is 0 Å². The van der Waals surface area contributed by atoms with Gasteiger partial charge in [-0.25, -0.2) is 9.97 Å². The smallest absolute Gasteiger partial charge is 0.247 e. The molecular formula is C30H33N5O3. The van der Waals surface area contributed by atoms with Crippen LogP contribution in [-0.2, 0) is 4.79 Å². The molecule has 1 amide bonds. The summed E-state index contributed by atoms with van der Waals surface area (Å²) in [5, 5.41) is 7.37. The van der Waals surface area contributed by atoms with Gasteiger partial charge in [0.15, 0.2) is 0 Å². The predicted octanol–water partition coefficient (Wildman–Crippen LogP) is 5.98. The molecule has 0 atom stereocenters. The normalized spacial score (nSPS) is 13.7. The fourth-order valence-corrected chi connectivity index (χ4v) is 4.81. The molecular weight excluding hydrogens is 478 g/mol. The van der Waals surface area contributed by atoms with Crippen LogP contribution >= 0.6 is 0 Å². The number of furan rings is 1. The molecule has 4 aromatic rings. The Bertz CT molecular complexity index is 1420. The summed E-state index contributed by atoms with van der Waals surface area (Å²) in [6, 6.07) is 16.1. The topological polar surface area (TPSA) is 92.5 Å². The number of fused-ring (bicyclic) bond motifs is 1. The number of carbonyl (C=O) groups is 1. The number of aromatic nitrogens is 2. The Hall–Kier alpha value is -4.17. The largest absolute Gasteiger partial charge is 0.490 e. The van der Waals surface area contributed by atoms with Gasteiger partial charge in [-0.05, 0) is 50.7 Å². The highest BCUT2D eigenvalue weighted by atomic mass is 16.5. The first kappa shape index (κ1) is 25.5. The van der Waals surface area contributed by atoms with Crippen LogP contribution in [0.2, 0.25) is 0 Å². The van der Waals surface area contributed by atoms with Crippen LogP contribution in [0.25, 0.3) is 33.6 Å². The average Bonchev–Trinajstić information content (AvgIpc) is 3.58. The lowest BCUT2D eigenvalue weighted by atomic mass is 9.98. The minimum Gasteiger partial charge on any atom is -0.490 e. The number of benzene rings is 2. The van der Waals surface area contributed by atoms with E-state index >= 15 is 0 Å². The van der Waals surface area contributed by atoms with Gasteiger partial charge in [-0.2, -0.15) is 0 Å². The summed E-state index contributed by atoms with van der Waals surface area (Å²) in [5.74, 6) is 1.72. The lowest BCUT2D eigenvalue weighted by molar-refractivity contribution is -0.111. The molecule has 0 aliphatic heterocycles. The van der Waals surface area contributed by atoms with Crippen LogP contribution in [-0.4, -0.2) is 54.1 Å². The third-order valence-electron chi connectivity index (χ3n) is 6.73. The second kappa shape index (κ2) is 11.5. The van der Waals surface area contributed by atoms with E-state index in [1.165, 1.54) is 18.9 Å². The summed E-state index contributed by atoms with van der Waals surface area (Å²) < 4.78 is 12.4. The van der Waals surface area contributed by atoms with Crippen molar-refractivity contribution in [3.8, 4) is 28.2 Å². The maximum absolute atomic E-state index is 12.3. The van der Waals surface area contributed by atoms with E-state index < -0.39 is 0 Å². The molecule has 1 aliphatic carbocycles. The summed E-state index contributed by atoms with van der Waals surface area (Å²) in [5.41, 5.74) is 3.71. The Labute approximate surface area is 222 Å². The first-order valence-corrected chi connectivity index (χ1v) is 13.0. The van der Waals surface area contributed by atoms with Crippen molar-refractivity contribution < 1.29 is 13.9 Å². The van der Waals surface area contributed by atoms with E-state index in [9.17, 15) is 4.79 Å². The molecule has 5 rings (SSSR count). The average molecular weight is 512 g/mol. The maximum Gasteiger partial charge on any atom is 0.247 e. The zero-order valence-corrected chi connectivity index (χ0v) is 21.9. The Balaban J connectivity index is 1.66. The molecule has 1 fully saturated rings. The van der Waals surface area contributed by atoms with E-state index in [1.54, 1.807) is 6.33 Å². The van der Waals surface area contributed by atoms with Crippen LogP contribution in [0.4, 0.5) is 11.5 Å². The van der Waals surface area contributed by atoms with Gasteiger partial charge < -0.3 is 24.7 Å². The van der Waals surface area contributed by atoms with Crippen molar-refractivity contribution in [1.29, 1.82) is 0 Å². The van der Waals surface area contributed by atoms with Gasteiger partial charge in [-0.3, -0.25) is 4.79 Å². The van der Waals surface area contributed by atoms with E-state index in [-0.39, 0.29) is 5.91 Å². The molecule has 0 bridgehead atoms. The minimum absolute atomic E-state index is 0.313. The fourth-order valence-electron chi connectivity index (χ4n) is 4.81. The number of carbonyl (C=O) groups excluding carboxylic acids is 1. The monoisotopic (exact) mass is 511 g/mol. The summed E-state index contributed by atoms with van der Waals surface area (Å²) in [4.78, 5) is 23.5. The minimum atomic E-state index is -0.313. The SMILES string of the molecule is C=CC(=O)Nc1cc(-c2c(-c3ccccc3)oc3ncnc(NC4CCCC4)c23)ccc1OCCN(C)C. The molecule has 38 heavy (non-hydrogen) atoms. The third-order valence-corrected chi connectivity index (χ3v) is 6.73. The molecule has 0 unspecified atom stereocenters. The Kier molecular flexibility index (Phi) is 7.70. The molecule has 2 heterocycles. The molecule has 1 saturated carbocycles. The number of hydrogen-bond acceptors (Lipinski definition) is 7. The van der Waals surface area contributed by atoms with E-state index in [1.807, 2.05) is 67.5 Å². The quantitative estimate of drug-likeness (QED) is 0.253. The van der Waals surface area contributed by atoms with E-state index in [4.69, 9.17) is 9.15 Å². The van der Waals surface area contributed by atoms with Crippen molar-refractivity contribution in [3.05, 3.63) is 67.5 Å². The zero-order chi connectivity index (χ0) is 26.5. The maximum atomic E-state index is 12.3. The van der Waals surface area contributed by atoms with Crippen molar-refractivity contribution in [2.45, 2.75) is 31.7 Å². The Morgan fingerprint density at radius 3 is 2.66 bits per heavy atom. The standard InChI is InChI=1S/C30H33N5O3/c1-4-25(36)34-23-18-21(14-15-24(23)37-17-16-35(2)3)26-27-29(33-22-12-8-9-13-22)31-19-32-30(27)38-28(26)20-10-6-5-7-11-20/h4-7,10-11,14-15,18-19,22H,1,8-9,12-13,16-17H2,2-3H3,(H,34,36)(H,31,32,33). The van der Waals surface area contributed by atoms with Crippen LogP contribution in [0, 0.1) is 0 Å². The highest BCUT2D eigenvalue weighted by molar-refractivity contribution is 6.07. The second-order valence-electron chi connectivity index (χ2n) is 9.76. The van der Waals surface area contributed by atoms with Gasteiger partial charge in [0.25, 0.3) is 0 Å². The van der Waals surface area contributed by atoms with Crippen molar-refractivity contribution in [1.82, 2.24) is 14.9 Å². The van der Waals surface area contributed by atoms with Gasteiger partial charge in [0.1, 0.15) is 30.3 Å².